The smallest absolute Gasteiger partial charge is 0.193 e. The minimum Gasteiger partial charge on any atom is -0.380 e. The quantitative estimate of drug-likeness (QED) is 0.404. The van der Waals surface area contributed by atoms with Crippen molar-refractivity contribution >= 4 is 35.6 Å². The molecule has 0 spiro atoms. The van der Waals surface area contributed by atoms with E-state index in [1.807, 2.05) is 24.3 Å². The summed E-state index contributed by atoms with van der Waals surface area (Å²) >= 11 is 0. The van der Waals surface area contributed by atoms with Gasteiger partial charge in [-0.15, -0.1) is 24.0 Å². The highest BCUT2D eigenvalue weighted by Crippen LogP contribution is 2.16. The number of nitrogens with one attached hydrogen (secondary N) is 1. The van der Waals surface area contributed by atoms with E-state index >= 15 is 0 Å². The molecule has 0 fully saturated rings. The van der Waals surface area contributed by atoms with E-state index in [-0.39, 0.29) is 48.5 Å². The van der Waals surface area contributed by atoms with Gasteiger partial charge in [-0.25, -0.2) is 8.78 Å². The van der Waals surface area contributed by atoms with Crippen molar-refractivity contribution in [2.75, 3.05) is 19.0 Å². The van der Waals surface area contributed by atoms with Crippen LogP contribution in [0.25, 0.3) is 0 Å². The summed E-state index contributed by atoms with van der Waals surface area (Å²) < 4.78 is 32.1. The van der Waals surface area contributed by atoms with Gasteiger partial charge in [0.05, 0.1) is 6.61 Å². The molecule has 0 radical (unpaired) electrons. The summed E-state index contributed by atoms with van der Waals surface area (Å²) in [5.74, 6) is -0.959. The molecule has 3 N–H and O–H groups in total. The van der Waals surface area contributed by atoms with Crippen molar-refractivity contribution in [3.05, 3.63) is 65.2 Å². The minimum absolute atomic E-state index is 0. The van der Waals surface area contributed by atoms with Gasteiger partial charge in [-0.05, 0) is 24.6 Å². The molecule has 0 bridgehead atoms. The van der Waals surface area contributed by atoms with Gasteiger partial charge in [-0.2, -0.15) is 0 Å². The number of aliphatic imine (C=N–C) groups is 1. The van der Waals surface area contributed by atoms with E-state index in [9.17, 15) is 8.78 Å². The number of halogens is 3. The standard InChI is InChI=1S/C17H19F2N3O.HI/c1-23-11-12-5-2-3-8-16(12)22-17(20)21-10-9-13-14(18)6-4-7-15(13)19;/h2-8H,9-11H2,1H3,(H3,20,21,22);1H. The zero-order valence-electron chi connectivity index (χ0n) is 13.3. The van der Waals surface area contributed by atoms with Crippen LogP contribution in [0.4, 0.5) is 14.5 Å². The summed E-state index contributed by atoms with van der Waals surface area (Å²) in [4.78, 5) is 4.11. The maximum atomic E-state index is 13.5. The number of nitrogens with two attached hydrogens (primary N) is 1. The van der Waals surface area contributed by atoms with Crippen LogP contribution < -0.4 is 11.1 Å². The molecule has 0 aliphatic rings. The summed E-state index contributed by atoms with van der Waals surface area (Å²) in [6.07, 6.45) is 0.139. The van der Waals surface area contributed by atoms with Crippen LogP contribution in [0, 0.1) is 11.6 Å². The fraction of sp³-hybridized carbons (Fsp3) is 0.235. The summed E-state index contributed by atoms with van der Waals surface area (Å²) in [6, 6.07) is 11.3. The highest BCUT2D eigenvalue weighted by molar-refractivity contribution is 14.0. The normalized spacial score (nSPS) is 11.0. The van der Waals surface area contributed by atoms with Crippen LogP contribution in [0.5, 0.6) is 0 Å². The highest BCUT2D eigenvalue weighted by Gasteiger charge is 2.07. The van der Waals surface area contributed by atoms with Crippen molar-refractivity contribution < 1.29 is 13.5 Å². The van der Waals surface area contributed by atoms with Crippen LogP contribution in [0.1, 0.15) is 11.1 Å². The Morgan fingerprint density at radius 1 is 1.12 bits per heavy atom. The van der Waals surface area contributed by atoms with Crippen LogP contribution >= 0.6 is 24.0 Å². The molecule has 0 unspecified atom stereocenters. The molecule has 24 heavy (non-hydrogen) atoms. The highest BCUT2D eigenvalue weighted by atomic mass is 127. The Morgan fingerprint density at radius 2 is 1.79 bits per heavy atom. The third-order valence-corrected chi connectivity index (χ3v) is 3.29. The van der Waals surface area contributed by atoms with Crippen LogP contribution in [0.3, 0.4) is 0 Å². The van der Waals surface area contributed by atoms with Gasteiger partial charge >= 0.3 is 0 Å². The van der Waals surface area contributed by atoms with Crippen molar-refractivity contribution in [3.8, 4) is 0 Å². The molecule has 0 saturated heterocycles. The minimum atomic E-state index is -0.572. The number of hydrogen-bond donors (Lipinski definition) is 2. The van der Waals surface area contributed by atoms with E-state index < -0.39 is 11.6 Å². The largest absolute Gasteiger partial charge is 0.380 e. The number of para-hydroxylation sites is 1. The lowest BCUT2D eigenvalue weighted by atomic mass is 10.1. The molecule has 0 aliphatic carbocycles. The number of hydrogen-bond acceptors (Lipinski definition) is 2. The fourth-order valence-electron chi connectivity index (χ4n) is 2.16. The first kappa shape index (κ1) is 20.3. The Kier molecular flexibility index (Phi) is 8.62. The maximum Gasteiger partial charge on any atom is 0.193 e. The first-order chi connectivity index (χ1) is 11.1. The fourth-order valence-corrected chi connectivity index (χ4v) is 2.16. The molecule has 0 heterocycles. The van der Waals surface area contributed by atoms with E-state index in [4.69, 9.17) is 10.5 Å². The van der Waals surface area contributed by atoms with Gasteiger partial charge in [0.2, 0.25) is 0 Å². The Balaban J connectivity index is 0.00000288. The third-order valence-electron chi connectivity index (χ3n) is 3.29. The third kappa shape index (κ3) is 5.72. The summed E-state index contributed by atoms with van der Waals surface area (Å²) in [5, 5.41) is 2.97. The van der Waals surface area contributed by atoms with Gasteiger partial charge in [0.25, 0.3) is 0 Å². The van der Waals surface area contributed by atoms with Crippen molar-refractivity contribution in [2.45, 2.75) is 13.0 Å². The van der Waals surface area contributed by atoms with E-state index in [1.165, 1.54) is 18.2 Å². The number of anilines is 1. The Bertz CT molecular complexity index is 675. The number of rotatable bonds is 6. The zero-order valence-corrected chi connectivity index (χ0v) is 15.6. The molecule has 0 amide bonds. The van der Waals surface area contributed by atoms with Crippen LogP contribution in [0.2, 0.25) is 0 Å². The molecule has 0 aliphatic heterocycles. The first-order valence-electron chi connectivity index (χ1n) is 7.18. The zero-order chi connectivity index (χ0) is 16.7. The lowest BCUT2D eigenvalue weighted by Gasteiger charge is -2.11. The SMILES string of the molecule is COCc1ccccc1NC(N)=NCCc1c(F)cccc1F.I. The van der Waals surface area contributed by atoms with Crippen LogP contribution in [-0.2, 0) is 17.8 Å². The topological polar surface area (TPSA) is 59.6 Å². The van der Waals surface area contributed by atoms with Crippen molar-refractivity contribution in [1.29, 1.82) is 0 Å². The second-order valence-electron chi connectivity index (χ2n) is 4.93. The van der Waals surface area contributed by atoms with Gasteiger partial charge in [0.1, 0.15) is 11.6 Å². The number of methoxy groups -OCH3 is 1. The monoisotopic (exact) mass is 447 g/mol. The van der Waals surface area contributed by atoms with Crippen molar-refractivity contribution in [2.24, 2.45) is 10.7 Å². The molecule has 0 atom stereocenters. The molecule has 7 heteroatoms. The second-order valence-corrected chi connectivity index (χ2v) is 4.93. The molecule has 130 valence electrons. The average molecular weight is 447 g/mol. The lowest BCUT2D eigenvalue weighted by molar-refractivity contribution is 0.185. The molecular formula is C17H20F2IN3O. The first-order valence-corrected chi connectivity index (χ1v) is 7.18. The molecule has 2 aromatic carbocycles. The van der Waals surface area contributed by atoms with Gasteiger partial charge in [-0.3, -0.25) is 4.99 Å². The summed E-state index contributed by atoms with van der Waals surface area (Å²) in [6.45, 7) is 0.625. The number of benzene rings is 2. The van der Waals surface area contributed by atoms with Gasteiger partial charge < -0.3 is 15.8 Å². The van der Waals surface area contributed by atoms with E-state index in [0.29, 0.717) is 6.61 Å². The van der Waals surface area contributed by atoms with E-state index in [2.05, 4.69) is 10.3 Å². The molecule has 4 nitrogen and oxygen atoms in total. The summed E-state index contributed by atoms with van der Waals surface area (Å²) in [5.41, 5.74) is 7.56. The molecule has 0 aromatic heterocycles. The molecule has 0 saturated carbocycles. The van der Waals surface area contributed by atoms with E-state index in [1.54, 1.807) is 7.11 Å². The Labute approximate surface area is 157 Å². The van der Waals surface area contributed by atoms with Crippen LogP contribution in [-0.4, -0.2) is 19.6 Å². The predicted octanol–water partition coefficient (Wildman–Crippen LogP) is 3.70. The number of guanidine groups is 1. The number of ether oxygens (including phenoxy) is 1. The summed E-state index contributed by atoms with van der Waals surface area (Å²) in [7, 11) is 1.61. The molecular weight excluding hydrogens is 427 g/mol. The Hall–Kier alpha value is -1.74. The maximum absolute atomic E-state index is 13.5. The van der Waals surface area contributed by atoms with Gasteiger partial charge in [0.15, 0.2) is 5.96 Å². The van der Waals surface area contributed by atoms with Gasteiger partial charge in [0, 0.05) is 30.5 Å². The Morgan fingerprint density at radius 3 is 2.46 bits per heavy atom. The molecule has 2 aromatic rings. The van der Waals surface area contributed by atoms with Crippen molar-refractivity contribution in [1.82, 2.24) is 0 Å². The predicted molar refractivity (Wildman–Crippen MR) is 103 cm³/mol. The van der Waals surface area contributed by atoms with Gasteiger partial charge in [-0.1, -0.05) is 24.3 Å². The average Bonchev–Trinajstić information content (AvgIpc) is 2.52. The lowest BCUT2D eigenvalue weighted by Crippen LogP contribution is -2.24. The molecule has 2 rings (SSSR count). The van der Waals surface area contributed by atoms with Crippen LogP contribution in [0.15, 0.2) is 47.5 Å². The second kappa shape index (κ2) is 10.2. The number of nitrogens with zero attached hydrogens (tertiary/aromatic N) is 1. The van der Waals surface area contributed by atoms with E-state index in [0.717, 1.165) is 11.3 Å². The van der Waals surface area contributed by atoms with Crippen molar-refractivity contribution in [3.63, 3.8) is 0 Å².